The van der Waals surface area contributed by atoms with Gasteiger partial charge in [0.15, 0.2) is 0 Å². The Labute approximate surface area is 149 Å². The highest BCUT2D eigenvalue weighted by Gasteiger charge is 2.30. The smallest absolute Gasteiger partial charge is 0.314 e. The van der Waals surface area contributed by atoms with Crippen LogP contribution in [0.4, 0.5) is 4.79 Å². The summed E-state index contributed by atoms with van der Waals surface area (Å²) in [7, 11) is 1.64. The van der Waals surface area contributed by atoms with E-state index in [0.717, 1.165) is 25.7 Å². The number of carbonyl (C=O) groups excluding carboxylic acids is 2. The van der Waals surface area contributed by atoms with E-state index in [9.17, 15) is 9.59 Å². The maximum Gasteiger partial charge on any atom is 0.314 e. The van der Waals surface area contributed by atoms with E-state index in [4.69, 9.17) is 10.5 Å². The molecule has 1 atom stereocenters. The zero-order valence-corrected chi connectivity index (χ0v) is 15.0. The van der Waals surface area contributed by atoms with Crippen LogP contribution in [0.1, 0.15) is 24.8 Å². The van der Waals surface area contributed by atoms with Gasteiger partial charge in [0, 0.05) is 33.3 Å². The van der Waals surface area contributed by atoms with Crippen LogP contribution in [0.2, 0.25) is 0 Å². The van der Waals surface area contributed by atoms with Crippen molar-refractivity contribution in [3.63, 3.8) is 0 Å². The lowest BCUT2D eigenvalue weighted by atomic mass is 9.96. The van der Waals surface area contributed by atoms with Crippen LogP contribution in [0.25, 0.3) is 0 Å². The number of ether oxygens (including phenoxy) is 1. The standard InChI is InChI=1S/C19H29N3O3/c1-25-14-13-21(11-5-9-16-7-3-2-4-8-16)18(23)17-10-6-12-22(15-17)19(20)24/h2-4,7-8,17H,5-6,9-15H2,1H3,(H2,20,24). The Hall–Kier alpha value is -2.08. The predicted octanol–water partition coefficient (Wildman–Crippen LogP) is 1.88. The van der Waals surface area contributed by atoms with Crippen molar-refractivity contribution in [1.82, 2.24) is 9.80 Å². The summed E-state index contributed by atoms with van der Waals surface area (Å²) in [6.07, 6.45) is 3.48. The van der Waals surface area contributed by atoms with Gasteiger partial charge in [0.1, 0.15) is 0 Å². The number of aryl methyl sites for hydroxylation is 1. The molecule has 1 aromatic carbocycles. The number of likely N-dealkylation sites (tertiary alicyclic amines) is 1. The van der Waals surface area contributed by atoms with Gasteiger partial charge in [-0.3, -0.25) is 4.79 Å². The molecule has 1 aromatic rings. The largest absolute Gasteiger partial charge is 0.383 e. The molecule has 1 aliphatic rings. The molecule has 1 fully saturated rings. The number of primary amides is 1. The third-order valence-corrected chi connectivity index (χ3v) is 4.70. The van der Waals surface area contributed by atoms with Crippen LogP contribution >= 0.6 is 0 Å². The fraction of sp³-hybridized carbons (Fsp3) is 0.579. The van der Waals surface area contributed by atoms with Crippen LogP contribution in [0.3, 0.4) is 0 Å². The molecule has 1 aliphatic heterocycles. The molecule has 6 nitrogen and oxygen atoms in total. The first-order valence-corrected chi connectivity index (χ1v) is 8.98. The van der Waals surface area contributed by atoms with E-state index in [1.807, 2.05) is 23.1 Å². The van der Waals surface area contributed by atoms with E-state index in [1.165, 1.54) is 5.56 Å². The fourth-order valence-electron chi connectivity index (χ4n) is 3.29. The summed E-state index contributed by atoms with van der Waals surface area (Å²) >= 11 is 0. The fourth-order valence-corrected chi connectivity index (χ4v) is 3.29. The SMILES string of the molecule is COCCN(CCCc1ccccc1)C(=O)C1CCCN(C(N)=O)C1. The number of hydrogen-bond donors (Lipinski definition) is 1. The van der Waals surface area contributed by atoms with Gasteiger partial charge < -0.3 is 20.3 Å². The molecule has 2 N–H and O–H groups in total. The molecular weight excluding hydrogens is 318 g/mol. The molecule has 138 valence electrons. The van der Waals surface area contributed by atoms with Crippen LogP contribution in [-0.2, 0) is 16.0 Å². The Morgan fingerprint density at radius 1 is 1.28 bits per heavy atom. The monoisotopic (exact) mass is 347 g/mol. The van der Waals surface area contributed by atoms with Gasteiger partial charge in [-0.1, -0.05) is 30.3 Å². The Morgan fingerprint density at radius 2 is 2.04 bits per heavy atom. The average molecular weight is 347 g/mol. The van der Waals surface area contributed by atoms with E-state index >= 15 is 0 Å². The molecule has 1 heterocycles. The van der Waals surface area contributed by atoms with Crippen molar-refractivity contribution >= 4 is 11.9 Å². The second-order valence-corrected chi connectivity index (χ2v) is 6.53. The van der Waals surface area contributed by atoms with Crippen molar-refractivity contribution in [1.29, 1.82) is 0 Å². The zero-order chi connectivity index (χ0) is 18.1. The van der Waals surface area contributed by atoms with Gasteiger partial charge in [0.25, 0.3) is 0 Å². The third-order valence-electron chi connectivity index (χ3n) is 4.70. The summed E-state index contributed by atoms with van der Waals surface area (Å²) in [5.41, 5.74) is 6.65. The molecule has 1 saturated heterocycles. The summed E-state index contributed by atoms with van der Waals surface area (Å²) in [4.78, 5) is 27.8. The van der Waals surface area contributed by atoms with Gasteiger partial charge in [0.05, 0.1) is 12.5 Å². The first kappa shape index (κ1) is 19.2. The maximum absolute atomic E-state index is 12.9. The van der Waals surface area contributed by atoms with E-state index in [-0.39, 0.29) is 11.8 Å². The number of methoxy groups -OCH3 is 1. The topological polar surface area (TPSA) is 75.9 Å². The minimum atomic E-state index is -0.440. The molecule has 0 radical (unpaired) electrons. The predicted molar refractivity (Wildman–Crippen MR) is 97.1 cm³/mol. The van der Waals surface area contributed by atoms with E-state index in [0.29, 0.717) is 32.8 Å². The van der Waals surface area contributed by atoms with Crippen LogP contribution < -0.4 is 5.73 Å². The highest BCUT2D eigenvalue weighted by atomic mass is 16.5. The summed E-state index contributed by atoms with van der Waals surface area (Å²) in [6.45, 7) is 2.87. The molecule has 0 aliphatic carbocycles. The van der Waals surface area contributed by atoms with Crippen molar-refractivity contribution in [2.45, 2.75) is 25.7 Å². The molecule has 1 unspecified atom stereocenters. The molecule has 2 rings (SSSR count). The lowest BCUT2D eigenvalue weighted by molar-refractivity contribution is -0.137. The van der Waals surface area contributed by atoms with Crippen LogP contribution in [0.15, 0.2) is 30.3 Å². The van der Waals surface area contributed by atoms with Gasteiger partial charge in [-0.2, -0.15) is 0 Å². The van der Waals surface area contributed by atoms with Gasteiger partial charge in [-0.25, -0.2) is 4.79 Å². The molecule has 3 amide bonds. The number of benzene rings is 1. The lowest BCUT2D eigenvalue weighted by Gasteiger charge is -2.34. The summed E-state index contributed by atoms with van der Waals surface area (Å²) in [6, 6.07) is 9.84. The van der Waals surface area contributed by atoms with Crippen molar-refractivity contribution < 1.29 is 14.3 Å². The Kier molecular flexibility index (Phi) is 7.73. The highest BCUT2D eigenvalue weighted by molar-refractivity contribution is 5.80. The van der Waals surface area contributed by atoms with E-state index in [1.54, 1.807) is 12.0 Å². The number of amides is 3. The van der Waals surface area contributed by atoms with Gasteiger partial charge >= 0.3 is 6.03 Å². The van der Waals surface area contributed by atoms with Crippen molar-refractivity contribution in [2.24, 2.45) is 11.7 Å². The minimum absolute atomic E-state index is 0.107. The van der Waals surface area contributed by atoms with Crippen LogP contribution in [0.5, 0.6) is 0 Å². The summed E-state index contributed by atoms with van der Waals surface area (Å²) in [5.74, 6) is -0.0501. The Bertz CT molecular complexity index is 550. The van der Waals surface area contributed by atoms with E-state index < -0.39 is 6.03 Å². The van der Waals surface area contributed by atoms with Crippen molar-refractivity contribution in [3.05, 3.63) is 35.9 Å². The number of rotatable bonds is 8. The molecule has 0 aromatic heterocycles. The first-order chi connectivity index (χ1) is 12.1. The molecule has 0 saturated carbocycles. The molecule has 0 spiro atoms. The quantitative estimate of drug-likeness (QED) is 0.780. The van der Waals surface area contributed by atoms with Crippen LogP contribution in [0, 0.1) is 5.92 Å². The van der Waals surface area contributed by atoms with Crippen LogP contribution in [-0.4, -0.2) is 61.6 Å². The number of carbonyl (C=O) groups is 2. The zero-order valence-electron chi connectivity index (χ0n) is 15.0. The second-order valence-electron chi connectivity index (χ2n) is 6.53. The van der Waals surface area contributed by atoms with Crippen molar-refractivity contribution in [3.8, 4) is 0 Å². The van der Waals surface area contributed by atoms with Gasteiger partial charge in [-0.05, 0) is 31.2 Å². The number of nitrogens with two attached hydrogens (primary N) is 1. The highest BCUT2D eigenvalue weighted by Crippen LogP contribution is 2.19. The Morgan fingerprint density at radius 3 is 2.72 bits per heavy atom. The average Bonchev–Trinajstić information content (AvgIpc) is 2.65. The minimum Gasteiger partial charge on any atom is -0.383 e. The number of nitrogens with zero attached hydrogens (tertiary/aromatic N) is 2. The molecular formula is C19H29N3O3. The summed E-state index contributed by atoms with van der Waals surface area (Å²) < 4.78 is 5.16. The third kappa shape index (κ3) is 6.05. The first-order valence-electron chi connectivity index (χ1n) is 8.98. The molecule has 0 bridgehead atoms. The molecule has 25 heavy (non-hydrogen) atoms. The van der Waals surface area contributed by atoms with Gasteiger partial charge in [-0.15, -0.1) is 0 Å². The second kappa shape index (κ2) is 10.0. The van der Waals surface area contributed by atoms with Gasteiger partial charge in [0.2, 0.25) is 5.91 Å². The molecule has 6 heteroatoms. The number of hydrogen-bond acceptors (Lipinski definition) is 3. The number of piperidine rings is 1. The normalized spacial score (nSPS) is 17.3. The van der Waals surface area contributed by atoms with Crippen molar-refractivity contribution in [2.75, 3.05) is 39.9 Å². The lowest BCUT2D eigenvalue weighted by Crippen LogP contribution is -2.49. The summed E-state index contributed by atoms with van der Waals surface area (Å²) in [5, 5.41) is 0. The Balaban J connectivity index is 1.90. The maximum atomic E-state index is 12.9. The van der Waals surface area contributed by atoms with E-state index in [2.05, 4.69) is 12.1 Å². The number of urea groups is 1.